The van der Waals surface area contributed by atoms with Crippen molar-refractivity contribution in [3.8, 4) is 5.75 Å². The second-order valence-corrected chi connectivity index (χ2v) is 6.51. The summed E-state index contributed by atoms with van der Waals surface area (Å²) in [5.74, 6) is 0.992. The number of para-hydroxylation sites is 1. The summed E-state index contributed by atoms with van der Waals surface area (Å²) in [4.78, 5) is 17.7. The Balaban J connectivity index is 1.41. The Morgan fingerprint density at radius 2 is 2.17 bits per heavy atom. The molecule has 132 valence electrons. The van der Waals surface area contributed by atoms with E-state index in [0.29, 0.717) is 25.5 Å². The third-order valence-electron chi connectivity index (χ3n) is 4.59. The lowest BCUT2D eigenvalue weighted by Crippen LogP contribution is -2.41. The molecule has 2 heterocycles. The number of primary amides is 1. The molecule has 0 aromatic heterocycles. The van der Waals surface area contributed by atoms with Gasteiger partial charge in [-0.3, -0.25) is 9.63 Å². The maximum absolute atomic E-state index is 11.7. The average Bonchev–Trinajstić information content (AvgIpc) is 3.23. The van der Waals surface area contributed by atoms with E-state index in [1.54, 1.807) is 5.06 Å². The number of nitrogens with zero attached hydrogens (tertiary/aromatic N) is 1. The Kier molecular flexibility index (Phi) is 6.07. The SMILES string of the molecule is NC(=O)C1CC(CCCOc2ccccc2)ON1CC1CCOC1. The summed E-state index contributed by atoms with van der Waals surface area (Å²) >= 11 is 0. The van der Waals surface area contributed by atoms with E-state index in [1.807, 2.05) is 30.3 Å². The van der Waals surface area contributed by atoms with Crippen molar-refractivity contribution in [3.63, 3.8) is 0 Å². The molecule has 2 aliphatic heterocycles. The van der Waals surface area contributed by atoms with Crippen molar-refractivity contribution >= 4 is 5.91 Å². The van der Waals surface area contributed by atoms with Gasteiger partial charge in [0.1, 0.15) is 11.8 Å². The van der Waals surface area contributed by atoms with Crippen molar-refractivity contribution in [3.05, 3.63) is 30.3 Å². The zero-order valence-electron chi connectivity index (χ0n) is 13.9. The smallest absolute Gasteiger partial charge is 0.237 e. The quantitative estimate of drug-likeness (QED) is 0.733. The molecule has 3 rings (SSSR count). The maximum atomic E-state index is 11.7. The molecule has 2 aliphatic rings. The van der Waals surface area contributed by atoms with E-state index >= 15 is 0 Å². The molecule has 0 radical (unpaired) electrons. The van der Waals surface area contributed by atoms with Crippen LogP contribution in [-0.4, -0.2) is 49.5 Å². The van der Waals surface area contributed by atoms with E-state index < -0.39 is 0 Å². The number of carbonyl (C=O) groups excluding carboxylic acids is 1. The number of carbonyl (C=O) groups is 1. The first-order valence-electron chi connectivity index (χ1n) is 8.70. The van der Waals surface area contributed by atoms with Gasteiger partial charge in [-0.25, -0.2) is 0 Å². The summed E-state index contributed by atoms with van der Waals surface area (Å²) in [5, 5.41) is 1.78. The lowest BCUT2D eigenvalue weighted by molar-refractivity contribution is -0.175. The first kappa shape index (κ1) is 17.2. The van der Waals surface area contributed by atoms with Gasteiger partial charge in [0.05, 0.1) is 19.3 Å². The molecule has 1 aromatic carbocycles. The molecule has 1 amide bonds. The van der Waals surface area contributed by atoms with Crippen molar-refractivity contribution < 1.29 is 19.1 Å². The first-order chi connectivity index (χ1) is 11.7. The maximum Gasteiger partial charge on any atom is 0.237 e. The second kappa shape index (κ2) is 8.46. The van der Waals surface area contributed by atoms with E-state index in [4.69, 9.17) is 20.0 Å². The monoisotopic (exact) mass is 334 g/mol. The van der Waals surface area contributed by atoms with Crippen LogP contribution in [0.5, 0.6) is 5.75 Å². The molecule has 2 N–H and O–H groups in total. The number of nitrogens with two attached hydrogens (primary N) is 1. The third kappa shape index (κ3) is 4.69. The van der Waals surface area contributed by atoms with Crippen LogP contribution in [0.3, 0.4) is 0 Å². The predicted molar refractivity (Wildman–Crippen MR) is 89.3 cm³/mol. The summed E-state index contributed by atoms with van der Waals surface area (Å²) in [5.41, 5.74) is 5.54. The van der Waals surface area contributed by atoms with Crippen LogP contribution in [0, 0.1) is 5.92 Å². The zero-order chi connectivity index (χ0) is 16.8. The zero-order valence-corrected chi connectivity index (χ0v) is 13.9. The molecule has 2 fully saturated rings. The summed E-state index contributed by atoms with van der Waals surface area (Å²) in [6.07, 6.45) is 3.44. The number of hydrogen-bond acceptors (Lipinski definition) is 5. The third-order valence-corrected chi connectivity index (χ3v) is 4.59. The highest BCUT2D eigenvalue weighted by atomic mass is 16.7. The van der Waals surface area contributed by atoms with E-state index in [-0.39, 0.29) is 18.1 Å². The summed E-state index contributed by atoms with van der Waals surface area (Å²) in [6, 6.07) is 9.44. The second-order valence-electron chi connectivity index (χ2n) is 6.51. The van der Waals surface area contributed by atoms with Crippen LogP contribution in [0.4, 0.5) is 0 Å². The van der Waals surface area contributed by atoms with Crippen LogP contribution in [0.1, 0.15) is 25.7 Å². The normalized spacial score (nSPS) is 27.4. The molecule has 0 aliphatic carbocycles. The van der Waals surface area contributed by atoms with Crippen molar-refractivity contribution in [2.45, 2.75) is 37.8 Å². The Morgan fingerprint density at radius 3 is 2.88 bits per heavy atom. The number of hydrogen-bond donors (Lipinski definition) is 1. The lowest BCUT2D eigenvalue weighted by Gasteiger charge is -2.23. The molecule has 24 heavy (non-hydrogen) atoms. The van der Waals surface area contributed by atoms with E-state index in [9.17, 15) is 4.79 Å². The molecule has 3 atom stereocenters. The Hall–Kier alpha value is -1.63. The minimum Gasteiger partial charge on any atom is -0.494 e. The van der Waals surface area contributed by atoms with Crippen molar-refractivity contribution in [2.75, 3.05) is 26.4 Å². The highest BCUT2D eigenvalue weighted by Gasteiger charge is 2.38. The Morgan fingerprint density at radius 1 is 1.33 bits per heavy atom. The van der Waals surface area contributed by atoms with Gasteiger partial charge < -0.3 is 15.2 Å². The number of ether oxygens (including phenoxy) is 2. The first-order valence-corrected chi connectivity index (χ1v) is 8.70. The average molecular weight is 334 g/mol. The lowest BCUT2D eigenvalue weighted by atomic mass is 10.0. The van der Waals surface area contributed by atoms with Gasteiger partial charge in [0.25, 0.3) is 0 Å². The van der Waals surface area contributed by atoms with Gasteiger partial charge in [-0.15, -0.1) is 0 Å². The minimum absolute atomic E-state index is 0.0317. The van der Waals surface area contributed by atoms with Crippen LogP contribution in [0.25, 0.3) is 0 Å². The van der Waals surface area contributed by atoms with E-state index in [2.05, 4.69) is 0 Å². The fourth-order valence-electron chi connectivity index (χ4n) is 3.27. The highest BCUT2D eigenvalue weighted by Crippen LogP contribution is 2.27. The van der Waals surface area contributed by atoms with Crippen molar-refractivity contribution in [1.29, 1.82) is 0 Å². The Labute approximate surface area is 142 Å². The van der Waals surface area contributed by atoms with Gasteiger partial charge >= 0.3 is 0 Å². The molecule has 2 saturated heterocycles. The number of amides is 1. The standard InChI is InChI=1S/C18H26N2O4/c19-18(21)17-11-16(24-20(17)12-14-8-10-22-13-14)7-4-9-23-15-5-2-1-3-6-15/h1-3,5-6,14,16-17H,4,7-13H2,(H2,19,21). The van der Waals surface area contributed by atoms with Gasteiger partial charge in [-0.1, -0.05) is 18.2 Å². The van der Waals surface area contributed by atoms with Gasteiger partial charge in [0.15, 0.2) is 0 Å². The number of hydroxylamine groups is 2. The van der Waals surface area contributed by atoms with Crippen LogP contribution in [-0.2, 0) is 14.4 Å². The van der Waals surface area contributed by atoms with Gasteiger partial charge in [0, 0.05) is 19.6 Å². The molecule has 0 saturated carbocycles. The molecule has 0 spiro atoms. The van der Waals surface area contributed by atoms with Crippen LogP contribution < -0.4 is 10.5 Å². The summed E-state index contributed by atoms with van der Waals surface area (Å²) < 4.78 is 11.1. The molecular weight excluding hydrogens is 308 g/mol. The van der Waals surface area contributed by atoms with E-state index in [1.165, 1.54) is 0 Å². The molecule has 6 heteroatoms. The van der Waals surface area contributed by atoms with Crippen LogP contribution >= 0.6 is 0 Å². The molecule has 3 unspecified atom stereocenters. The van der Waals surface area contributed by atoms with Gasteiger partial charge in [-0.2, -0.15) is 5.06 Å². The Bertz CT molecular complexity index is 519. The van der Waals surface area contributed by atoms with Crippen molar-refractivity contribution in [2.24, 2.45) is 11.7 Å². The van der Waals surface area contributed by atoms with Crippen LogP contribution in [0.2, 0.25) is 0 Å². The molecule has 6 nitrogen and oxygen atoms in total. The fraction of sp³-hybridized carbons (Fsp3) is 0.611. The predicted octanol–water partition coefficient (Wildman–Crippen LogP) is 1.74. The number of benzene rings is 1. The van der Waals surface area contributed by atoms with Gasteiger partial charge in [-0.05, 0) is 37.3 Å². The number of rotatable bonds is 8. The van der Waals surface area contributed by atoms with Crippen LogP contribution in [0.15, 0.2) is 30.3 Å². The largest absolute Gasteiger partial charge is 0.494 e. The molecule has 1 aromatic rings. The topological polar surface area (TPSA) is 74.0 Å². The van der Waals surface area contributed by atoms with E-state index in [0.717, 1.165) is 38.2 Å². The fourth-order valence-corrected chi connectivity index (χ4v) is 3.27. The summed E-state index contributed by atoms with van der Waals surface area (Å²) in [7, 11) is 0. The highest BCUT2D eigenvalue weighted by molar-refractivity contribution is 5.79. The summed E-state index contributed by atoms with van der Waals surface area (Å²) in [6.45, 7) is 2.88. The molecule has 0 bridgehead atoms. The van der Waals surface area contributed by atoms with Crippen molar-refractivity contribution in [1.82, 2.24) is 5.06 Å². The van der Waals surface area contributed by atoms with Gasteiger partial charge in [0.2, 0.25) is 5.91 Å². The minimum atomic E-state index is -0.328. The molecular formula is C18H26N2O4.